The predicted octanol–water partition coefficient (Wildman–Crippen LogP) is 2.23. The smallest absolute Gasteiger partial charge is 0.256 e. The summed E-state index contributed by atoms with van der Waals surface area (Å²) in [5, 5.41) is 3.56. The zero-order valence-corrected chi connectivity index (χ0v) is 15.9. The molecule has 4 rings (SSSR count). The van der Waals surface area contributed by atoms with Crippen molar-refractivity contribution in [2.75, 3.05) is 11.9 Å². The van der Waals surface area contributed by atoms with Gasteiger partial charge in [0.2, 0.25) is 11.5 Å². The van der Waals surface area contributed by atoms with Crippen LogP contribution in [-0.4, -0.2) is 34.3 Å². The highest BCUT2D eigenvalue weighted by atomic mass is 16.2. The number of amides is 2. The molecule has 0 spiro atoms. The number of carbonyl (C=O) groups is 2. The molecule has 0 saturated carbocycles. The number of likely N-dealkylation sites (tertiary alicyclic amines) is 1. The molecule has 2 heterocycles. The molecule has 7 nitrogen and oxygen atoms in total. The number of nitrogens with zero attached hydrogens (tertiary/aromatic N) is 1. The van der Waals surface area contributed by atoms with Crippen LogP contribution in [0.3, 0.4) is 0 Å². The van der Waals surface area contributed by atoms with Gasteiger partial charge in [-0.25, -0.2) is 0 Å². The number of H-pyrrole nitrogens is 1. The summed E-state index contributed by atoms with van der Waals surface area (Å²) in [5.41, 5.74) is 7.72. The van der Waals surface area contributed by atoms with Gasteiger partial charge < -0.3 is 16.0 Å². The molecule has 1 saturated heterocycles. The summed E-state index contributed by atoms with van der Waals surface area (Å²) < 4.78 is 0. The van der Waals surface area contributed by atoms with Crippen molar-refractivity contribution < 1.29 is 9.59 Å². The average molecular weight is 390 g/mol. The summed E-state index contributed by atoms with van der Waals surface area (Å²) >= 11 is 0. The number of aromatic amines is 1. The van der Waals surface area contributed by atoms with E-state index in [1.807, 2.05) is 24.3 Å². The number of pyridine rings is 1. The summed E-state index contributed by atoms with van der Waals surface area (Å²) in [6.07, 6.45) is 1.72. The zero-order valence-electron chi connectivity index (χ0n) is 15.9. The number of rotatable bonds is 5. The fraction of sp³-hybridized carbons (Fsp3) is 0.227. The number of nitrogens with one attached hydrogen (secondary N) is 2. The second-order valence-electron chi connectivity index (χ2n) is 7.28. The van der Waals surface area contributed by atoms with E-state index in [-0.39, 0.29) is 23.4 Å². The minimum atomic E-state index is -0.347. The Kier molecular flexibility index (Phi) is 5.14. The van der Waals surface area contributed by atoms with Gasteiger partial charge in [0.25, 0.3) is 5.91 Å². The molecule has 0 bridgehead atoms. The molecule has 0 radical (unpaired) electrons. The molecular weight excluding hydrogens is 368 g/mol. The molecule has 1 aliphatic heterocycles. The van der Waals surface area contributed by atoms with Crippen LogP contribution >= 0.6 is 0 Å². The van der Waals surface area contributed by atoms with Gasteiger partial charge in [-0.15, -0.1) is 0 Å². The van der Waals surface area contributed by atoms with Crippen molar-refractivity contribution in [1.29, 1.82) is 0 Å². The Morgan fingerprint density at radius 3 is 2.79 bits per heavy atom. The second-order valence-corrected chi connectivity index (χ2v) is 7.28. The van der Waals surface area contributed by atoms with Crippen molar-refractivity contribution in [1.82, 2.24) is 9.88 Å². The summed E-state index contributed by atoms with van der Waals surface area (Å²) in [7, 11) is 0. The van der Waals surface area contributed by atoms with Crippen LogP contribution in [0.5, 0.6) is 0 Å². The maximum atomic E-state index is 12.8. The number of benzene rings is 2. The topological polar surface area (TPSA) is 108 Å². The first kappa shape index (κ1) is 18.9. The lowest BCUT2D eigenvalue weighted by Gasteiger charge is -2.22. The Balaban J connectivity index is 1.55. The van der Waals surface area contributed by atoms with Gasteiger partial charge in [0.1, 0.15) is 0 Å². The normalized spacial score (nSPS) is 16.8. The largest absolute Gasteiger partial charge is 0.368 e. The number of anilines is 1. The molecule has 4 N–H and O–H groups in total. The van der Waals surface area contributed by atoms with Crippen LogP contribution in [0.15, 0.2) is 59.4 Å². The van der Waals surface area contributed by atoms with E-state index in [0.717, 1.165) is 24.9 Å². The molecule has 1 fully saturated rings. The minimum absolute atomic E-state index is 0.240. The molecule has 7 heteroatoms. The third-order valence-electron chi connectivity index (χ3n) is 5.26. The summed E-state index contributed by atoms with van der Waals surface area (Å²) in [4.78, 5) is 41.2. The maximum Gasteiger partial charge on any atom is 0.256 e. The summed E-state index contributed by atoms with van der Waals surface area (Å²) in [6.45, 7) is 1.41. The van der Waals surface area contributed by atoms with Gasteiger partial charge in [-0.2, -0.15) is 0 Å². The highest BCUT2D eigenvalue weighted by molar-refractivity contribution is 6.12. The average Bonchev–Trinajstić information content (AvgIpc) is 3.16. The Bertz CT molecular complexity index is 1140. The number of hydrogen-bond donors (Lipinski definition) is 3. The molecule has 148 valence electrons. The molecule has 0 unspecified atom stereocenters. The fourth-order valence-corrected chi connectivity index (χ4v) is 3.91. The van der Waals surface area contributed by atoms with E-state index in [4.69, 9.17) is 5.73 Å². The lowest BCUT2D eigenvalue weighted by Crippen LogP contribution is -2.39. The van der Waals surface area contributed by atoms with Gasteiger partial charge in [0.05, 0.1) is 11.6 Å². The predicted molar refractivity (Wildman–Crippen MR) is 112 cm³/mol. The van der Waals surface area contributed by atoms with Gasteiger partial charge in [-0.05, 0) is 43.1 Å². The third-order valence-corrected chi connectivity index (χ3v) is 5.26. The monoisotopic (exact) mass is 390 g/mol. The Labute approximate surface area is 167 Å². The van der Waals surface area contributed by atoms with Crippen LogP contribution < -0.4 is 16.6 Å². The van der Waals surface area contributed by atoms with Gasteiger partial charge in [0.15, 0.2) is 0 Å². The van der Waals surface area contributed by atoms with Gasteiger partial charge in [-0.3, -0.25) is 19.3 Å². The highest BCUT2D eigenvalue weighted by Gasteiger charge is 2.28. The molecule has 3 aromatic rings. The van der Waals surface area contributed by atoms with E-state index in [0.29, 0.717) is 28.7 Å². The summed E-state index contributed by atoms with van der Waals surface area (Å²) in [6, 6.07) is 15.7. The first-order valence-electron chi connectivity index (χ1n) is 9.57. The second kappa shape index (κ2) is 7.89. The van der Waals surface area contributed by atoms with Crippen LogP contribution in [0.2, 0.25) is 0 Å². The minimum Gasteiger partial charge on any atom is -0.368 e. The lowest BCUT2D eigenvalue weighted by molar-refractivity contribution is -0.122. The van der Waals surface area contributed by atoms with Crippen molar-refractivity contribution in [3.05, 3.63) is 76.1 Å². The van der Waals surface area contributed by atoms with E-state index < -0.39 is 0 Å². The number of para-hydroxylation sites is 1. The van der Waals surface area contributed by atoms with Gasteiger partial charge in [0, 0.05) is 29.2 Å². The standard InChI is InChI=1S/C22H22N4O3/c23-21(28)19-9-4-10-26(19)13-14-5-3-6-15(11-14)24-22(29)17-12-20(27)25-18-8-2-1-7-16(17)18/h1-3,5-8,11-12,19H,4,9-10,13H2,(H2,23,28)(H,24,29)(H,25,27)/t19-/m1/s1. The number of carbonyl (C=O) groups excluding carboxylic acids is 2. The molecule has 1 aromatic heterocycles. The Morgan fingerprint density at radius 2 is 1.97 bits per heavy atom. The van der Waals surface area contributed by atoms with Crippen LogP contribution in [-0.2, 0) is 11.3 Å². The lowest BCUT2D eigenvalue weighted by atomic mass is 10.1. The van der Waals surface area contributed by atoms with E-state index in [1.54, 1.807) is 24.3 Å². The molecule has 1 atom stereocenters. The first-order chi connectivity index (χ1) is 14.0. The molecule has 2 aromatic carbocycles. The molecular formula is C22H22N4O3. The van der Waals surface area contributed by atoms with E-state index in [2.05, 4.69) is 15.2 Å². The van der Waals surface area contributed by atoms with Crippen LogP contribution in [0, 0.1) is 0 Å². The van der Waals surface area contributed by atoms with Gasteiger partial charge >= 0.3 is 0 Å². The van der Waals surface area contributed by atoms with Crippen molar-refractivity contribution in [3.8, 4) is 0 Å². The van der Waals surface area contributed by atoms with Crippen molar-refractivity contribution in [2.45, 2.75) is 25.4 Å². The first-order valence-corrected chi connectivity index (χ1v) is 9.57. The SMILES string of the molecule is NC(=O)[C@H]1CCCN1Cc1cccc(NC(=O)c2cc(=O)[nH]c3ccccc23)c1. The number of nitrogens with two attached hydrogens (primary N) is 1. The number of primary amides is 1. The van der Waals surface area contributed by atoms with Crippen LogP contribution in [0.4, 0.5) is 5.69 Å². The van der Waals surface area contributed by atoms with E-state index >= 15 is 0 Å². The molecule has 2 amide bonds. The molecule has 29 heavy (non-hydrogen) atoms. The van der Waals surface area contributed by atoms with Gasteiger partial charge in [-0.1, -0.05) is 30.3 Å². The molecule has 0 aliphatic carbocycles. The Morgan fingerprint density at radius 1 is 1.14 bits per heavy atom. The Hall–Kier alpha value is -3.45. The fourth-order valence-electron chi connectivity index (χ4n) is 3.91. The van der Waals surface area contributed by atoms with Crippen molar-refractivity contribution in [3.63, 3.8) is 0 Å². The van der Waals surface area contributed by atoms with E-state index in [1.165, 1.54) is 6.07 Å². The number of hydrogen-bond acceptors (Lipinski definition) is 4. The number of aromatic nitrogens is 1. The molecule has 1 aliphatic rings. The van der Waals surface area contributed by atoms with Crippen molar-refractivity contribution >= 4 is 28.4 Å². The van der Waals surface area contributed by atoms with Crippen molar-refractivity contribution in [2.24, 2.45) is 5.73 Å². The number of fused-ring (bicyclic) bond motifs is 1. The highest BCUT2D eigenvalue weighted by Crippen LogP contribution is 2.22. The van der Waals surface area contributed by atoms with Crippen LogP contribution in [0.1, 0.15) is 28.8 Å². The summed E-state index contributed by atoms with van der Waals surface area (Å²) in [5.74, 6) is -0.645. The van der Waals surface area contributed by atoms with E-state index in [9.17, 15) is 14.4 Å². The third kappa shape index (κ3) is 4.05. The maximum absolute atomic E-state index is 12.8. The zero-order chi connectivity index (χ0) is 20.4. The van der Waals surface area contributed by atoms with Crippen LogP contribution in [0.25, 0.3) is 10.9 Å². The quantitative estimate of drug-likeness (QED) is 0.621.